The number of ether oxygens (including phenoxy) is 1. The molecule has 0 saturated carbocycles. The molecule has 2 aliphatic rings. The molecule has 2 aromatic carbocycles. The zero-order valence-corrected chi connectivity index (χ0v) is 16.6. The molecule has 2 heterocycles. The third kappa shape index (κ3) is 4.13. The van der Waals surface area contributed by atoms with E-state index in [0.29, 0.717) is 12.3 Å². The zero-order valence-electron chi connectivity index (χ0n) is 16.6. The Morgan fingerprint density at radius 1 is 0.857 bits per heavy atom. The second-order valence-electron chi connectivity index (χ2n) is 7.94. The van der Waals surface area contributed by atoms with Crippen molar-refractivity contribution in [3.63, 3.8) is 0 Å². The van der Waals surface area contributed by atoms with E-state index in [1.165, 1.54) is 11.1 Å². The molecule has 0 spiro atoms. The third-order valence-corrected chi connectivity index (χ3v) is 6.24. The summed E-state index contributed by atoms with van der Waals surface area (Å²) >= 11 is 0. The average Bonchev–Trinajstić information content (AvgIpc) is 2.77. The van der Waals surface area contributed by atoms with Gasteiger partial charge in [-0.2, -0.15) is 0 Å². The molecule has 0 aromatic heterocycles. The van der Waals surface area contributed by atoms with Gasteiger partial charge in [0, 0.05) is 44.6 Å². The van der Waals surface area contributed by atoms with E-state index < -0.39 is 0 Å². The van der Waals surface area contributed by atoms with Crippen LogP contribution in [0.2, 0.25) is 0 Å². The molecule has 0 N–H and O–H groups in total. The number of benzene rings is 2. The zero-order chi connectivity index (χ0) is 19.2. The van der Waals surface area contributed by atoms with Crippen molar-refractivity contribution in [1.29, 1.82) is 0 Å². The van der Waals surface area contributed by atoms with Gasteiger partial charge in [-0.1, -0.05) is 60.7 Å². The van der Waals surface area contributed by atoms with Crippen LogP contribution < -0.4 is 0 Å². The van der Waals surface area contributed by atoms with E-state index in [1.54, 1.807) is 0 Å². The summed E-state index contributed by atoms with van der Waals surface area (Å²) < 4.78 is 5.43. The normalized spacial score (nSPS) is 20.3. The second-order valence-corrected chi connectivity index (χ2v) is 7.94. The van der Waals surface area contributed by atoms with Gasteiger partial charge in [-0.05, 0) is 24.0 Å². The Labute approximate surface area is 168 Å². The standard InChI is InChI=1S/C24H30N2O2/c27-23-12-13-24(21-8-3-1-4-9-21,22-10-5-2-6-11-22)20-26(23)15-7-14-25-16-18-28-19-17-25/h1-6,8-11H,7,12-20H2. The smallest absolute Gasteiger partial charge is 0.222 e. The topological polar surface area (TPSA) is 32.8 Å². The number of rotatable bonds is 6. The Kier molecular flexibility index (Phi) is 6.08. The van der Waals surface area contributed by atoms with E-state index in [2.05, 4.69) is 70.5 Å². The molecular formula is C24H30N2O2. The highest BCUT2D eigenvalue weighted by atomic mass is 16.5. The molecule has 28 heavy (non-hydrogen) atoms. The molecule has 4 rings (SSSR count). The summed E-state index contributed by atoms with van der Waals surface area (Å²) in [5.41, 5.74) is 2.51. The SMILES string of the molecule is O=C1CCC(c2ccccc2)(c2ccccc2)CN1CCCN1CCOCC1. The van der Waals surface area contributed by atoms with Crippen LogP contribution >= 0.6 is 0 Å². The lowest BCUT2D eigenvalue weighted by Crippen LogP contribution is -2.50. The van der Waals surface area contributed by atoms with Crippen molar-refractivity contribution in [2.45, 2.75) is 24.7 Å². The lowest BCUT2D eigenvalue weighted by molar-refractivity contribution is -0.135. The number of amides is 1. The Morgan fingerprint density at radius 2 is 1.46 bits per heavy atom. The summed E-state index contributed by atoms with van der Waals surface area (Å²) in [4.78, 5) is 17.3. The molecule has 2 aliphatic heterocycles. The van der Waals surface area contributed by atoms with Crippen molar-refractivity contribution in [2.75, 3.05) is 45.9 Å². The molecule has 2 saturated heterocycles. The summed E-state index contributed by atoms with van der Waals surface area (Å²) in [6.45, 7) is 6.30. The van der Waals surface area contributed by atoms with Crippen LogP contribution in [0.25, 0.3) is 0 Å². The highest BCUT2D eigenvalue weighted by Gasteiger charge is 2.41. The van der Waals surface area contributed by atoms with Gasteiger partial charge in [0.2, 0.25) is 5.91 Å². The number of hydrogen-bond acceptors (Lipinski definition) is 3. The minimum atomic E-state index is -0.116. The van der Waals surface area contributed by atoms with Gasteiger partial charge in [0.05, 0.1) is 13.2 Å². The predicted octanol–water partition coefficient (Wildman–Crippen LogP) is 3.32. The maximum Gasteiger partial charge on any atom is 0.222 e. The van der Waals surface area contributed by atoms with E-state index in [4.69, 9.17) is 4.74 Å². The monoisotopic (exact) mass is 378 g/mol. The molecule has 0 bridgehead atoms. The number of piperidine rings is 1. The molecular weight excluding hydrogens is 348 g/mol. The first-order chi connectivity index (χ1) is 13.8. The highest BCUT2D eigenvalue weighted by Crippen LogP contribution is 2.40. The van der Waals surface area contributed by atoms with Crippen molar-refractivity contribution in [1.82, 2.24) is 9.80 Å². The lowest BCUT2D eigenvalue weighted by Gasteiger charge is -2.44. The van der Waals surface area contributed by atoms with Gasteiger partial charge in [0.1, 0.15) is 0 Å². The van der Waals surface area contributed by atoms with E-state index in [1.807, 2.05) is 0 Å². The van der Waals surface area contributed by atoms with E-state index in [0.717, 1.165) is 58.8 Å². The van der Waals surface area contributed by atoms with E-state index >= 15 is 0 Å². The fraction of sp³-hybridized carbons (Fsp3) is 0.458. The molecule has 148 valence electrons. The summed E-state index contributed by atoms with van der Waals surface area (Å²) in [5, 5.41) is 0. The molecule has 0 unspecified atom stereocenters. The van der Waals surface area contributed by atoms with Gasteiger partial charge in [-0.25, -0.2) is 0 Å². The van der Waals surface area contributed by atoms with Crippen molar-refractivity contribution < 1.29 is 9.53 Å². The van der Waals surface area contributed by atoms with Gasteiger partial charge in [0.15, 0.2) is 0 Å². The maximum absolute atomic E-state index is 12.7. The van der Waals surface area contributed by atoms with Crippen molar-refractivity contribution in [3.8, 4) is 0 Å². The number of nitrogens with zero attached hydrogens (tertiary/aromatic N) is 2. The summed E-state index contributed by atoms with van der Waals surface area (Å²) in [5.74, 6) is 0.296. The summed E-state index contributed by atoms with van der Waals surface area (Å²) in [7, 11) is 0. The summed E-state index contributed by atoms with van der Waals surface area (Å²) in [6.07, 6.45) is 2.51. The van der Waals surface area contributed by atoms with Crippen LogP contribution in [0.5, 0.6) is 0 Å². The first kappa shape index (κ1) is 19.2. The van der Waals surface area contributed by atoms with E-state index in [9.17, 15) is 4.79 Å². The van der Waals surface area contributed by atoms with Gasteiger partial charge >= 0.3 is 0 Å². The van der Waals surface area contributed by atoms with Crippen molar-refractivity contribution >= 4 is 5.91 Å². The maximum atomic E-state index is 12.7. The number of hydrogen-bond donors (Lipinski definition) is 0. The number of carbonyl (C=O) groups is 1. The molecule has 0 aliphatic carbocycles. The van der Waals surface area contributed by atoms with Gasteiger partial charge in [-0.3, -0.25) is 9.69 Å². The molecule has 2 fully saturated rings. The predicted molar refractivity (Wildman–Crippen MR) is 111 cm³/mol. The van der Waals surface area contributed by atoms with Crippen LogP contribution in [0, 0.1) is 0 Å². The molecule has 1 amide bonds. The number of morpholine rings is 1. The number of carbonyl (C=O) groups excluding carboxylic acids is 1. The van der Waals surface area contributed by atoms with Gasteiger partial charge in [0.25, 0.3) is 0 Å². The molecule has 4 nitrogen and oxygen atoms in total. The molecule has 2 aromatic rings. The van der Waals surface area contributed by atoms with Crippen LogP contribution in [-0.4, -0.2) is 61.6 Å². The van der Waals surface area contributed by atoms with Crippen LogP contribution in [0.15, 0.2) is 60.7 Å². The van der Waals surface area contributed by atoms with Gasteiger partial charge in [-0.15, -0.1) is 0 Å². The fourth-order valence-corrected chi connectivity index (χ4v) is 4.64. The average molecular weight is 379 g/mol. The van der Waals surface area contributed by atoms with Crippen LogP contribution in [-0.2, 0) is 14.9 Å². The van der Waals surface area contributed by atoms with Crippen LogP contribution in [0.3, 0.4) is 0 Å². The molecule has 0 radical (unpaired) electrons. The lowest BCUT2D eigenvalue weighted by atomic mass is 9.69. The van der Waals surface area contributed by atoms with E-state index in [-0.39, 0.29) is 5.41 Å². The van der Waals surface area contributed by atoms with Crippen molar-refractivity contribution in [3.05, 3.63) is 71.8 Å². The quantitative estimate of drug-likeness (QED) is 0.773. The molecule has 0 atom stereocenters. The Morgan fingerprint density at radius 3 is 2.07 bits per heavy atom. The molecule has 4 heteroatoms. The highest BCUT2D eigenvalue weighted by molar-refractivity contribution is 5.78. The van der Waals surface area contributed by atoms with Crippen molar-refractivity contribution in [2.24, 2.45) is 0 Å². The minimum Gasteiger partial charge on any atom is -0.379 e. The number of likely N-dealkylation sites (tertiary alicyclic amines) is 1. The first-order valence-corrected chi connectivity index (χ1v) is 10.5. The fourth-order valence-electron chi connectivity index (χ4n) is 4.64. The summed E-state index contributed by atoms with van der Waals surface area (Å²) in [6, 6.07) is 21.4. The second kappa shape index (κ2) is 8.89. The Balaban J connectivity index is 1.51. The van der Waals surface area contributed by atoms with Crippen LogP contribution in [0.4, 0.5) is 0 Å². The third-order valence-electron chi connectivity index (χ3n) is 6.24. The Bertz CT molecular complexity index is 717. The van der Waals surface area contributed by atoms with Crippen LogP contribution in [0.1, 0.15) is 30.4 Å². The largest absolute Gasteiger partial charge is 0.379 e. The van der Waals surface area contributed by atoms with Gasteiger partial charge < -0.3 is 9.64 Å². The Hall–Kier alpha value is -2.17. The minimum absolute atomic E-state index is 0.116. The first-order valence-electron chi connectivity index (χ1n) is 10.5.